The Labute approximate surface area is 168 Å². The van der Waals surface area contributed by atoms with Crippen molar-refractivity contribution in [2.24, 2.45) is 5.92 Å². The van der Waals surface area contributed by atoms with Crippen molar-refractivity contribution >= 4 is 22.4 Å². The zero-order valence-electron chi connectivity index (χ0n) is 15.4. The first-order valence-electron chi connectivity index (χ1n) is 9.31. The van der Waals surface area contributed by atoms with E-state index in [9.17, 15) is 26.7 Å². The standard InChI is InChI=1S/C17H22F5N3O3S/c18-15(19)28-8-12-5-11(7-25(12)16-23-6-13(29-16)14(26)27)24-10-3-1-9(2-4-10)17(20,21)22/h6,9-12,15,24H,1-5,7-8H2,(H,26,27). The largest absolute Gasteiger partial charge is 0.477 e. The van der Waals surface area contributed by atoms with E-state index in [0.29, 0.717) is 30.9 Å². The summed E-state index contributed by atoms with van der Waals surface area (Å²) in [6.07, 6.45) is -1.55. The lowest BCUT2D eigenvalue weighted by Gasteiger charge is -2.32. The van der Waals surface area contributed by atoms with Gasteiger partial charge in [-0.1, -0.05) is 11.3 Å². The van der Waals surface area contributed by atoms with Crippen molar-refractivity contribution in [1.29, 1.82) is 0 Å². The van der Waals surface area contributed by atoms with E-state index in [4.69, 9.17) is 5.11 Å². The predicted molar refractivity (Wildman–Crippen MR) is 95.5 cm³/mol. The number of ether oxygens (including phenoxy) is 1. The molecule has 1 aromatic heterocycles. The molecule has 0 radical (unpaired) electrons. The van der Waals surface area contributed by atoms with Crippen LogP contribution in [0.2, 0.25) is 0 Å². The quantitative estimate of drug-likeness (QED) is 0.626. The van der Waals surface area contributed by atoms with Crippen molar-refractivity contribution in [3.8, 4) is 0 Å². The molecule has 0 spiro atoms. The normalized spacial score (nSPS) is 28.3. The van der Waals surface area contributed by atoms with Gasteiger partial charge in [0.1, 0.15) is 4.88 Å². The molecule has 164 valence electrons. The Balaban J connectivity index is 1.61. The molecule has 6 nitrogen and oxygen atoms in total. The fourth-order valence-corrected chi connectivity index (χ4v) is 4.87. The van der Waals surface area contributed by atoms with E-state index < -0.39 is 30.7 Å². The monoisotopic (exact) mass is 443 g/mol. The van der Waals surface area contributed by atoms with E-state index in [1.807, 2.05) is 0 Å². The number of halogens is 5. The minimum Gasteiger partial charge on any atom is -0.477 e. The van der Waals surface area contributed by atoms with Crippen molar-refractivity contribution in [2.75, 3.05) is 18.1 Å². The van der Waals surface area contributed by atoms with E-state index in [2.05, 4.69) is 15.0 Å². The summed E-state index contributed by atoms with van der Waals surface area (Å²) in [5.41, 5.74) is 0. The van der Waals surface area contributed by atoms with Gasteiger partial charge in [-0.25, -0.2) is 9.78 Å². The van der Waals surface area contributed by atoms with Crippen molar-refractivity contribution in [1.82, 2.24) is 10.3 Å². The van der Waals surface area contributed by atoms with Crippen molar-refractivity contribution in [3.05, 3.63) is 11.1 Å². The van der Waals surface area contributed by atoms with Crippen LogP contribution in [0.15, 0.2) is 6.20 Å². The smallest absolute Gasteiger partial charge is 0.391 e. The van der Waals surface area contributed by atoms with Crippen molar-refractivity contribution in [3.63, 3.8) is 0 Å². The molecule has 2 atom stereocenters. The van der Waals surface area contributed by atoms with Crippen molar-refractivity contribution < 1.29 is 36.6 Å². The number of carboxylic acids is 1. The Morgan fingerprint density at radius 1 is 1.31 bits per heavy atom. The molecule has 2 fully saturated rings. The third kappa shape index (κ3) is 5.76. The average Bonchev–Trinajstić information content (AvgIpc) is 3.26. The van der Waals surface area contributed by atoms with E-state index in [-0.39, 0.29) is 36.4 Å². The zero-order valence-corrected chi connectivity index (χ0v) is 16.2. The molecule has 12 heteroatoms. The first-order chi connectivity index (χ1) is 13.6. The van der Waals surface area contributed by atoms with Gasteiger partial charge in [-0.05, 0) is 32.1 Å². The van der Waals surface area contributed by atoms with Gasteiger partial charge < -0.3 is 20.1 Å². The number of nitrogens with one attached hydrogen (secondary N) is 1. The van der Waals surface area contributed by atoms with E-state index in [1.165, 1.54) is 6.20 Å². The van der Waals surface area contributed by atoms with Gasteiger partial charge in [-0.3, -0.25) is 0 Å². The number of hydrogen-bond donors (Lipinski definition) is 2. The average molecular weight is 443 g/mol. The summed E-state index contributed by atoms with van der Waals surface area (Å²) in [6, 6.07) is -0.632. The molecule has 0 aromatic carbocycles. The Kier molecular flexibility index (Phi) is 6.94. The molecule has 3 rings (SSSR count). The number of aromatic nitrogens is 1. The number of hydrogen-bond acceptors (Lipinski definition) is 6. The fraction of sp³-hybridized carbons (Fsp3) is 0.765. The van der Waals surface area contributed by atoms with Crippen LogP contribution < -0.4 is 10.2 Å². The van der Waals surface area contributed by atoms with Crippen LogP contribution in [0.25, 0.3) is 0 Å². The minimum absolute atomic E-state index is 0.0374. The van der Waals surface area contributed by atoms with Gasteiger partial charge in [0.25, 0.3) is 0 Å². The number of aromatic carboxylic acids is 1. The van der Waals surface area contributed by atoms with Crippen LogP contribution in [0, 0.1) is 5.92 Å². The summed E-state index contributed by atoms with van der Waals surface area (Å²) in [6.45, 7) is -2.78. The third-order valence-electron chi connectivity index (χ3n) is 5.44. The van der Waals surface area contributed by atoms with Gasteiger partial charge in [0, 0.05) is 18.6 Å². The number of alkyl halides is 5. The highest BCUT2D eigenvalue weighted by Gasteiger charge is 2.42. The van der Waals surface area contributed by atoms with Gasteiger partial charge >= 0.3 is 18.8 Å². The second-order valence-corrected chi connectivity index (χ2v) is 8.41. The summed E-state index contributed by atoms with van der Waals surface area (Å²) in [5.74, 6) is -2.39. The van der Waals surface area contributed by atoms with Gasteiger partial charge in [0.2, 0.25) is 0 Å². The fourth-order valence-electron chi connectivity index (χ4n) is 4.03. The zero-order chi connectivity index (χ0) is 21.2. The Hall–Kier alpha value is -1.53. The molecule has 1 aromatic rings. The van der Waals surface area contributed by atoms with E-state index in [1.54, 1.807) is 4.90 Å². The second kappa shape index (κ2) is 9.09. The molecule has 0 bridgehead atoms. The highest BCUT2D eigenvalue weighted by atomic mass is 32.1. The molecule has 1 aliphatic heterocycles. The highest BCUT2D eigenvalue weighted by molar-refractivity contribution is 7.17. The lowest BCUT2D eigenvalue weighted by Crippen LogP contribution is -2.43. The summed E-state index contributed by atoms with van der Waals surface area (Å²) in [4.78, 5) is 16.9. The maximum atomic E-state index is 12.8. The van der Waals surface area contributed by atoms with Gasteiger partial charge in [0.15, 0.2) is 5.13 Å². The van der Waals surface area contributed by atoms with Crippen molar-refractivity contribution in [2.45, 2.75) is 63.0 Å². The topological polar surface area (TPSA) is 74.7 Å². The number of nitrogens with zero attached hydrogens (tertiary/aromatic N) is 2. The minimum atomic E-state index is -4.17. The molecule has 2 aliphatic rings. The number of rotatable bonds is 7. The summed E-state index contributed by atoms with van der Waals surface area (Å²) < 4.78 is 67.9. The number of carboxylic acid groups (broad SMARTS) is 1. The van der Waals surface area contributed by atoms with Crippen LogP contribution in [0.3, 0.4) is 0 Å². The third-order valence-corrected chi connectivity index (χ3v) is 6.46. The predicted octanol–water partition coefficient (Wildman–Crippen LogP) is 3.74. The highest BCUT2D eigenvalue weighted by Crippen LogP contribution is 2.38. The molecule has 0 amide bonds. The molecule has 1 saturated carbocycles. The molecule has 1 saturated heterocycles. The maximum Gasteiger partial charge on any atom is 0.391 e. The van der Waals surface area contributed by atoms with Crippen LogP contribution in [0.4, 0.5) is 27.1 Å². The summed E-state index contributed by atoms with van der Waals surface area (Å²) in [7, 11) is 0. The van der Waals surface area contributed by atoms with Crippen LogP contribution in [-0.4, -0.2) is 60.1 Å². The van der Waals surface area contributed by atoms with Gasteiger partial charge in [0.05, 0.1) is 24.8 Å². The van der Waals surface area contributed by atoms with Crippen LogP contribution in [-0.2, 0) is 4.74 Å². The maximum absolute atomic E-state index is 12.8. The molecular weight excluding hydrogens is 421 g/mol. The SMILES string of the molecule is O=C(O)c1cnc(N2CC(NC3CCC(C(F)(F)F)CC3)CC2COC(F)F)s1. The second-order valence-electron chi connectivity index (χ2n) is 7.40. The Bertz CT molecular complexity index is 694. The molecule has 2 heterocycles. The molecule has 2 N–H and O–H groups in total. The van der Waals surface area contributed by atoms with Crippen LogP contribution in [0.5, 0.6) is 0 Å². The van der Waals surface area contributed by atoms with E-state index >= 15 is 0 Å². The molecular formula is C17H22F5N3O3S. The lowest BCUT2D eigenvalue weighted by molar-refractivity contribution is -0.182. The number of anilines is 1. The summed E-state index contributed by atoms with van der Waals surface area (Å²) in [5, 5.41) is 12.8. The summed E-state index contributed by atoms with van der Waals surface area (Å²) >= 11 is 0.947. The lowest BCUT2D eigenvalue weighted by atomic mass is 9.85. The Morgan fingerprint density at radius 3 is 2.55 bits per heavy atom. The molecule has 1 aliphatic carbocycles. The number of thiazole rings is 1. The Morgan fingerprint density at radius 2 is 2.00 bits per heavy atom. The van der Waals surface area contributed by atoms with Gasteiger partial charge in [-0.15, -0.1) is 0 Å². The van der Waals surface area contributed by atoms with Crippen LogP contribution >= 0.6 is 11.3 Å². The number of carbonyl (C=O) groups is 1. The first kappa shape index (κ1) is 22.2. The van der Waals surface area contributed by atoms with Crippen LogP contribution in [0.1, 0.15) is 41.8 Å². The first-order valence-corrected chi connectivity index (χ1v) is 10.1. The van der Waals surface area contributed by atoms with E-state index in [0.717, 1.165) is 11.3 Å². The molecule has 2 unspecified atom stereocenters. The molecule has 29 heavy (non-hydrogen) atoms. The van der Waals surface area contributed by atoms with Gasteiger partial charge in [-0.2, -0.15) is 22.0 Å².